The molecule has 6 heteroatoms. The number of nitriles is 1. The van der Waals surface area contributed by atoms with Crippen LogP contribution < -0.4 is 9.64 Å². The highest BCUT2D eigenvalue weighted by atomic mass is 19.4. The molecule has 1 aliphatic heterocycles. The van der Waals surface area contributed by atoms with Gasteiger partial charge in [-0.1, -0.05) is 6.08 Å². The molecule has 0 aliphatic carbocycles. The van der Waals surface area contributed by atoms with Crippen LogP contribution in [0.4, 0.5) is 18.9 Å². The fraction of sp³-hybridized carbons (Fsp3) is 0.357. The van der Waals surface area contributed by atoms with Crippen LogP contribution >= 0.6 is 0 Å². The minimum absolute atomic E-state index is 0.0778. The van der Waals surface area contributed by atoms with Gasteiger partial charge >= 0.3 is 6.18 Å². The zero-order valence-corrected chi connectivity index (χ0v) is 10.9. The number of alkyl halides is 3. The maximum absolute atomic E-state index is 12.6. The van der Waals surface area contributed by atoms with E-state index in [9.17, 15) is 13.2 Å². The van der Waals surface area contributed by atoms with Gasteiger partial charge in [0.15, 0.2) is 0 Å². The van der Waals surface area contributed by atoms with Crippen LogP contribution in [0.2, 0.25) is 0 Å². The van der Waals surface area contributed by atoms with Crippen molar-refractivity contribution in [3.63, 3.8) is 0 Å². The van der Waals surface area contributed by atoms with E-state index in [4.69, 9.17) is 10.00 Å². The summed E-state index contributed by atoms with van der Waals surface area (Å²) in [5.41, 5.74) is 0.522. The Balaban J connectivity index is 2.27. The van der Waals surface area contributed by atoms with Gasteiger partial charge in [-0.2, -0.15) is 18.4 Å². The molecule has 0 radical (unpaired) electrons. The third-order valence-corrected chi connectivity index (χ3v) is 3.24. The SMILES string of the molecule is COc1ccc(C#N)c(N2CC=C(C(F)(F)F)CC2)c1. The van der Waals surface area contributed by atoms with Gasteiger partial charge in [0.25, 0.3) is 0 Å². The van der Waals surface area contributed by atoms with E-state index in [1.54, 1.807) is 23.1 Å². The van der Waals surface area contributed by atoms with E-state index in [1.807, 2.05) is 6.07 Å². The fourth-order valence-corrected chi connectivity index (χ4v) is 2.14. The van der Waals surface area contributed by atoms with Crippen LogP contribution in [0.15, 0.2) is 29.8 Å². The lowest BCUT2D eigenvalue weighted by Gasteiger charge is -2.29. The summed E-state index contributed by atoms with van der Waals surface area (Å²) in [6, 6.07) is 6.98. The molecule has 0 aromatic heterocycles. The number of rotatable bonds is 2. The summed E-state index contributed by atoms with van der Waals surface area (Å²) in [5, 5.41) is 9.08. The molecule has 20 heavy (non-hydrogen) atoms. The van der Waals surface area contributed by atoms with E-state index in [0.29, 0.717) is 17.0 Å². The Labute approximate surface area is 114 Å². The lowest BCUT2D eigenvalue weighted by atomic mass is 10.1. The van der Waals surface area contributed by atoms with Crippen LogP contribution in [0.1, 0.15) is 12.0 Å². The van der Waals surface area contributed by atoms with Gasteiger partial charge in [-0.3, -0.25) is 0 Å². The number of hydrogen-bond acceptors (Lipinski definition) is 3. The number of hydrogen-bond donors (Lipinski definition) is 0. The Morgan fingerprint density at radius 2 is 2.10 bits per heavy atom. The van der Waals surface area contributed by atoms with E-state index in [0.717, 1.165) is 0 Å². The summed E-state index contributed by atoms with van der Waals surface area (Å²) in [6.45, 7) is 0.365. The molecule has 0 N–H and O–H groups in total. The Kier molecular flexibility index (Phi) is 3.89. The van der Waals surface area contributed by atoms with Gasteiger partial charge in [0.1, 0.15) is 11.8 Å². The van der Waals surface area contributed by atoms with E-state index >= 15 is 0 Å². The van der Waals surface area contributed by atoms with Crippen molar-refractivity contribution in [2.75, 3.05) is 25.1 Å². The summed E-state index contributed by atoms with van der Waals surface area (Å²) >= 11 is 0. The predicted molar refractivity (Wildman–Crippen MR) is 68.7 cm³/mol. The monoisotopic (exact) mass is 282 g/mol. The average molecular weight is 282 g/mol. The molecule has 2 rings (SSSR count). The number of anilines is 1. The number of methoxy groups -OCH3 is 1. The molecule has 0 amide bonds. The van der Waals surface area contributed by atoms with Crippen molar-refractivity contribution in [1.82, 2.24) is 0 Å². The number of nitrogens with zero attached hydrogens (tertiary/aromatic N) is 2. The lowest BCUT2D eigenvalue weighted by Crippen LogP contribution is -2.32. The van der Waals surface area contributed by atoms with Crippen molar-refractivity contribution in [3.8, 4) is 11.8 Å². The summed E-state index contributed by atoms with van der Waals surface area (Å²) in [7, 11) is 1.50. The smallest absolute Gasteiger partial charge is 0.412 e. The Bertz CT molecular complexity index is 573. The molecule has 1 aliphatic rings. The molecule has 0 unspecified atom stereocenters. The molecule has 1 aromatic rings. The summed E-state index contributed by atoms with van der Waals surface area (Å²) < 4.78 is 42.8. The van der Waals surface area contributed by atoms with E-state index in [-0.39, 0.29) is 19.5 Å². The zero-order valence-electron chi connectivity index (χ0n) is 10.9. The third-order valence-electron chi connectivity index (χ3n) is 3.24. The second-order valence-corrected chi connectivity index (χ2v) is 4.42. The molecule has 106 valence electrons. The second-order valence-electron chi connectivity index (χ2n) is 4.42. The van der Waals surface area contributed by atoms with Crippen molar-refractivity contribution >= 4 is 5.69 Å². The largest absolute Gasteiger partial charge is 0.497 e. The normalized spacial score (nSPS) is 15.6. The maximum atomic E-state index is 12.6. The van der Waals surface area contributed by atoms with E-state index in [2.05, 4.69) is 0 Å². The quantitative estimate of drug-likeness (QED) is 0.781. The Morgan fingerprint density at radius 1 is 1.35 bits per heavy atom. The molecule has 0 spiro atoms. The standard InChI is InChI=1S/C14H13F3N2O/c1-20-12-3-2-10(9-18)13(8-12)19-6-4-11(5-7-19)14(15,16)17/h2-4,8H,5-7H2,1H3. The van der Waals surface area contributed by atoms with E-state index < -0.39 is 11.7 Å². The molecule has 0 saturated carbocycles. The first kappa shape index (κ1) is 14.3. The molecule has 1 heterocycles. The van der Waals surface area contributed by atoms with Gasteiger partial charge in [0.2, 0.25) is 0 Å². The maximum Gasteiger partial charge on any atom is 0.412 e. The van der Waals surface area contributed by atoms with E-state index in [1.165, 1.54) is 13.2 Å². The van der Waals surface area contributed by atoms with Gasteiger partial charge in [-0.25, -0.2) is 0 Å². The Morgan fingerprint density at radius 3 is 2.60 bits per heavy atom. The molecule has 3 nitrogen and oxygen atoms in total. The predicted octanol–water partition coefficient (Wildman–Crippen LogP) is 3.27. The summed E-state index contributed by atoms with van der Waals surface area (Å²) in [4.78, 5) is 1.75. The van der Waals surface area contributed by atoms with Crippen molar-refractivity contribution in [3.05, 3.63) is 35.4 Å². The first-order valence-corrected chi connectivity index (χ1v) is 6.05. The highest BCUT2D eigenvalue weighted by Crippen LogP contribution is 2.33. The minimum atomic E-state index is -4.27. The topological polar surface area (TPSA) is 36.3 Å². The molecular weight excluding hydrogens is 269 g/mol. The average Bonchev–Trinajstić information content (AvgIpc) is 2.45. The summed E-state index contributed by atoms with van der Waals surface area (Å²) in [5.74, 6) is 0.574. The number of benzene rings is 1. The van der Waals surface area contributed by atoms with Gasteiger partial charge < -0.3 is 9.64 Å². The minimum Gasteiger partial charge on any atom is -0.497 e. The molecule has 0 atom stereocenters. The van der Waals surface area contributed by atoms with Crippen LogP contribution in [0.5, 0.6) is 5.75 Å². The van der Waals surface area contributed by atoms with Crippen LogP contribution in [0, 0.1) is 11.3 Å². The van der Waals surface area contributed by atoms with Crippen LogP contribution in [-0.4, -0.2) is 26.4 Å². The van der Waals surface area contributed by atoms with Gasteiger partial charge in [-0.05, 0) is 18.6 Å². The van der Waals surface area contributed by atoms with Crippen molar-refractivity contribution in [2.45, 2.75) is 12.6 Å². The first-order chi connectivity index (χ1) is 9.45. The third kappa shape index (κ3) is 2.87. The molecule has 0 saturated heterocycles. The van der Waals surface area contributed by atoms with Gasteiger partial charge in [-0.15, -0.1) is 0 Å². The highest BCUT2D eigenvalue weighted by Gasteiger charge is 2.35. The fourth-order valence-electron chi connectivity index (χ4n) is 2.14. The first-order valence-electron chi connectivity index (χ1n) is 6.05. The molecule has 0 bridgehead atoms. The Hall–Kier alpha value is -2.16. The van der Waals surface area contributed by atoms with Crippen LogP contribution in [-0.2, 0) is 0 Å². The second kappa shape index (κ2) is 5.45. The van der Waals surface area contributed by atoms with Crippen molar-refractivity contribution in [1.29, 1.82) is 5.26 Å². The van der Waals surface area contributed by atoms with Gasteiger partial charge in [0.05, 0.1) is 18.4 Å². The molecular formula is C14H13F3N2O. The molecule has 1 aromatic carbocycles. The van der Waals surface area contributed by atoms with Crippen LogP contribution in [0.25, 0.3) is 0 Å². The van der Waals surface area contributed by atoms with Crippen molar-refractivity contribution < 1.29 is 17.9 Å². The highest BCUT2D eigenvalue weighted by molar-refractivity contribution is 5.63. The number of ether oxygens (including phenoxy) is 1. The summed E-state index contributed by atoms with van der Waals surface area (Å²) in [6.07, 6.45) is -3.17. The van der Waals surface area contributed by atoms with Gasteiger partial charge in [0, 0.05) is 24.7 Å². The van der Waals surface area contributed by atoms with Crippen LogP contribution in [0.3, 0.4) is 0 Å². The number of halogens is 3. The molecule has 0 fully saturated rings. The lowest BCUT2D eigenvalue weighted by molar-refractivity contribution is -0.0943. The zero-order chi connectivity index (χ0) is 14.8. The van der Waals surface area contributed by atoms with Crippen molar-refractivity contribution in [2.24, 2.45) is 0 Å².